The summed E-state index contributed by atoms with van der Waals surface area (Å²) in [6.07, 6.45) is 1.65. The fraction of sp³-hybridized carbons (Fsp3) is 0. The lowest BCUT2D eigenvalue weighted by Crippen LogP contribution is -1.75. The van der Waals surface area contributed by atoms with Gasteiger partial charge in [0.2, 0.25) is 0 Å². The summed E-state index contributed by atoms with van der Waals surface area (Å²) >= 11 is 6.50. The Bertz CT molecular complexity index is 522. The van der Waals surface area contributed by atoms with Crippen LogP contribution in [0.2, 0.25) is 0 Å². The van der Waals surface area contributed by atoms with Crippen molar-refractivity contribution in [3.8, 4) is 0 Å². The van der Waals surface area contributed by atoms with Gasteiger partial charge in [-0.2, -0.15) is 0 Å². The van der Waals surface area contributed by atoms with Crippen molar-refractivity contribution in [3.05, 3.63) is 68.6 Å². The van der Waals surface area contributed by atoms with Gasteiger partial charge in [-0.3, -0.25) is 9.59 Å². The van der Waals surface area contributed by atoms with E-state index in [1.165, 1.54) is 0 Å². The second-order valence-electron chi connectivity index (χ2n) is 3.34. The van der Waals surface area contributed by atoms with E-state index < -0.39 is 0 Å². The zero-order valence-corrected chi connectivity index (χ0v) is 12.5. The quantitative estimate of drug-likeness (QED) is 0.729. The number of aldehydes is 2. The Morgan fingerprint density at radius 1 is 0.722 bits per heavy atom. The lowest BCUT2D eigenvalue weighted by Gasteiger charge is -1.88. The van der Waals surface area contributed by atoms with Crippen LogP contribution in [-0.4, -0.2) is 12.6 Å². The third kappa shape index (κ3) is 5.38. The number of hydrogen-bond acceptors (Lipinski definition) is 2. The Morgan fingerprint density at radius 3 is 1.78 bits per heavy atom. The highest BCUT2D eigenvalue weighted by Gasteiger charge is 1.87. The van der Waals surface area contributed by atoms with Crippen molar-refractivity contribution in [2.24, 2.45) is 0 Å². The van der Waals surface area contributed by atoms with Gasteiger partial charge in [0.25, 0.3) is 0 Å². The van der Waals surface area contributed by atoms with Gasteiger partial charge in [0, 0.05) is 20.1 Å². The minimum Gasteiger partial charge on any atom is -0.298 e. The van der Waals surface area contributed by atoms with Crippen molar-refractivity contribution in [2.45, 2.75) is 0 Å². The fourth-order valence-electron chi connectivity index (χ4n) is 1.12. The van der Waals surface area contributed by atoms with Crippen molar-refractivity contribution in [1.29, 1.82) is 0 Å². The van der Waals surface area contributed by atoms with E-state index in [1.807, 2.05) is 24.3 Å². The third-order valence-electron chi connectivity index (χ3n) is 1.99. The molecule has 0 unspecified atom stereocenters. The molecule has 0 radical (unpaired) electrons. The van der Waals surface area contributed by atoms with Gasteiger partial charge >= 0.3 is 0 Å². The highest BCUT2D eigenvalue weighted by atomic mass is 79.9. The summed E-state index contributed by atoms with van der Waals surface area (Å²) in [5.74, 6) is 0. The third-order valence-corrected chi connectivity index (χ3v) is 3.01. The van der Waals surface area contributed by atoms with E-state index >= 15 is 0 Å². The summed E-state index contributed by atoms with van der Waals surface area (Å²) in [4.78, 5) is 20.2. The van der Waals surface area contributed by atoms with E-state index in [2.05, 4.69) is 31.9 Å². The summed E-state index contributed by atoms with van der Waals surface area (Å²) < 4.78 is 1.93. The molecule has 0 atom stereocenters. The second-order valence-corrected chi connectivity index (χ2v) is 5.17. The molecule has 2 aromatic carbocycles. The highest BCUT2D eigenvalue weighted by molar-refractivity contribution is 9.10. The predicted octanol–water partition coefficient (Wildman–Crippen LogP) is 4.52. The van der Waals surface area contributed by atoms with E-state index in [4.69, 9.17) is 0 Å². The average Bonchev–Trinajstić information content (AvgIpc) is 2.40. The van der Waals surface area contributed by atoms with Crippen LogP contribution in [0.15, 0.2) is 57.5 Å². The highest BCUT2D eigenvalue weighted by Crippen LogP contribution is 2.09. The molecule has 0 amide bonds. The number of rotatable bonds is 2. The maximum absolute atomic E-state index is 10.1. The van der Waals surface area contributed by atoms with Crippen molar-refractivity contribution in [1.82, 2.24) is 0 Å². The van der Waals surface area contributed by atoms with Gasteiger partial charge in [-0.05, 0) is 24.3 Å². The molecule has 2 rings (SSSR count). The molecule has 0 fully saturated rings. The molecule has 0 saturated carbocycles. The SMILES string of the molecule is O=Cc1ccc(Br)cc1.O=Cc1cccc(Br)c1. The van der Waals surface area contributed by atoms with E-state index in [-0.39, 0.29) is 0 Å². The van der Waals surface area contributed by atoms with Gasteiger partial charge in [0.1, 0.15) is 12.6 Å². The first-order chi connectivity index (χ1) is 8.65. The Kier molecular flexibility index (Phi) is 6.54. The number of carbonyl (C=O) groups is 2. The lowest BCUT2D eigenvalue weighted by atomic mass is 10.2. The average molecular weight is 370 g/mol. The van der Waals surface area contributed by atoms with Gasteiger partial charge < -0.3 is 0 Å². The Morgan fingerprint density at radius 2 is 1.33 bits per heavy atom. The Balaban J connectivity index is 0.000000180. The molecule has 0 heterocycles. The lowest BCUT2D eigenvalue weighted by molar-refractivity contribution is 0.111. The molecule has 18 heavy (non-hydrogen) atoms. The van der Waals surface area contributed by atoms with Gasteiger partial charge in [-0.25, -0.2) is 0 Å². The number of halogens is 2. The van der Waals surface area contributed by atoms with Crippen LogP contribution in [0.4, 0.5) is 0 Å². The normalized spacial score (nSPS) is 9.00. The maximum atomic E-state index is 10.1. The van der Waals surface area contributed by atoms with E-state index in [9.17, 15) is 9.59 Å². The molecule has 0 aliphatic carbocycles. The largest absolute Gasteiger partial charge is 0.298 e. The van der Waals surface area contributed by atoms with Crippen molar-refractivity contribution in [3.63, 3.8) is 0 Å². The number of carbonyl (C=O) groups excluding carboxylic acids is 2. The van der Waals surface area contributed by atoms with E-state index in [0.717, 1.165) is 21.5 Å². The van der Waals surface area contributed by atoms with Crippen LogP contribution in [0.5, 0.6) is 0 Å². The van der Waals surface area contributed by atoms with Crippen molar-refractivity contribution in [2.75, 3.05) is 0 Å². The van der Waals surface area contributed by atoms with Crippen LogP contribution < -0.4 is 0 Å². The molecule has 92 valence electrons. The maximum Gasteiger partial charge on any atom is 0.150 e. The zero-order chi connectivity index (χ0) is 13.4. The summed E-state index contributed by atoms with van der Waals surface area (Å²) in [6.45, 7) is 0. The van der Waals surface area contributed by atoms with Crippen LogP contribution >= 0.6 is 31.9 Å². The Hall–Kier alpha value is -1.26. The molecular formula is C14H10Br2O2. The summed E-state index contributed by atoms with van der Waals surface area (Å²) in [6, 6.07) is 14.4. The van der Waals surface area contributed by atoms with Crippen LogP contribution in [0.25, 0.3) is 0 Å². The van der Waals surface area contributed by atoms with E-state index in [1.54, 1.807) is 24.3 Å². The van der Waals surface area contributed by atoms with Gasteiger partial charge in [-0.1, -0.05) is 56.1 Å². The minimum absolute atomic E-state index is 0.698. The molecule has 2 nitrogen and oxygen atoms in total. The predicted molar refractivity (Wildman–Crippen MR) is 79.1 cm³/mol. The molecule has 0 saturated heterocycles. The van der Waals surface area contributed by atoms with Crippen LogP contribution in [0.1, 0.15) is 20.7 Å². The molecule has 0 spiro atoms. The Labute approximate surface area is 122 Å². The monoisotopic (exact) mass is 368 g/mol. The minimum atomic E-state index is 0.698. The molecule has 0 aliphatic rings. The zero-order valence-electron chi connectivity index (χ0n) is 9.35. The summed E-state index contributed by atoms with van der Waals surface area (Å²) in [5, 5.41) is 0. The molecule has 0 aliphatic heterocycles. The molecule has 0 bridgehead atoms. The first-order valence-electron chi connectivity index (χ1n) is 5.07. The summed E-state index contributed by atoms with van der Waals surface area (Å²) in [7, 11) is 0. The first kappa shape index (κ1) is 14.8. The van der Waals surface area contributed by atoms with Crippen molar-refractivity contribution >= 4 is 44.4 Å². The van der Waals surface area contributed by atoms with Crippen molar-refractivity contribution < 1.29 is 9.59 Å². The molecule has 4 heteroatoms. The van der Waals surface area contributed by atoms with Gasteiger partial charge in [0.05, 0.1) is 0 Å². The number of benzene rings is 2. The fourth-order valence-corrected chi connectivity index (χ4v) is 1.80. The molecule has 2 aromatic rings. The summed E-state index contributed by atoms with van der Waals surface area (Å²) in [5.41, 5.74) is 1.41. The second kappa shape index (κ2) is 7.95. The van der Waals surface area contributed by atoms with Crippen LogP contribution in [-0.2, 0) is 0 Å². The smallest absolute Gasteiger partial charge is 0.150 e. The molecule has 0 N–H and O–H groups in total. The van der Waals surface area contributed by atoms with Crippen LogP contribution in [0, 0.1) is 0 Å². The molecular weight excluding hydrogens is 360 g/mol. The number of hydrogen-bond donors (Lipinski definition) is 0. The van der Waals surface area contributed by atoms with E-state index in [0.29, 0.717) is 11.1 Å². The standard InChI is InChI=1S/2C7H5BrO/c8-7-3-1-6(5-9)2-4-7;8-7-3-1-2-6(4-7)5-9/h2*1-5H. The first-order valence-corrected chi connectivity index (χ1v) is 6.66. The van der Waals surface area contributed by atoms with Gasteiger partial charge in [-0.15, -0.1) is 0 Å². The van der Waals surface area contributed by atoms with Crippen LogP contribution in [0.3, 0.4) is 0 Å². The topological polar surface area (TPSA) is 34.1 Å². The van der Waals surface area contributed by atoms with Gasteiger partial charge in [0.15, 0.2) is 0 Å². The molecule has 0 aromatic heterocycles.